The number of aryl methyl sites for hydroxylation is 4. The van der Waals surface area contributed by atoms with Crippen molar-refractivity contribution in [3.8, 4) is 0 Å². The van der Waals surface area contributed by atoms with Crippen LogP contribution in [-0.4, -0.2) is 12.1 Å². The van der Waals surface area contributed by atoms with Crippen molar-refractivity contribution in [2.75, 3.05) is 9.80 Å². The molecule has 0 bridgehead atoms. The molecule has 0 N–H and O–H groups in total. The van der Waals surface area contributed by atoms with Crippen LogP contribution in [0.15, 0.2) is 36.4 Å². The molecule has 0 unspecified atom stereocenters. The first kappa shape index (κ1) is 14.3. The van der Waals surface area contributed by atoms with Crippen LogP contribution < -0.4 is 9.80 Å². The number of imide groups is 2. The molecule has 0 radical (unpaired) electrons. The van der Waals surface area contributed by atoms with Gasteiger partial charge in [-0.25, -0.2) is 19.4 Å². The standard InChI is InChI=1S/C18H18N2O2/c1-11-5-7-15(9-13(11)3)19-17(21)20(18(19)22)16-8-6-12(2)14(4)10-16/h5-10H,1-4H3. The molecule has 22 heavy (non-hydrogen) atoms. The maximum Gasteiger partial charge on any atom is 0.345 e. The minimum absolute atomic E-state index is 0.309. The molecule has 1 saturated heterocycles. The molecule has 112 valence electrons. The number of rotatable bonds is 2. The Bertz CT molecular complexity index is 716. The third-order valence-corrected chi connectivity index (χ3v) is 4.26. The molecule has 1 aliphatic heterocycles. The van der Waals surface area contributed by atoms with Crippen LogP contribution in [0.3, 0.4) is 0 Å². The molecule has 4 heteroatoms. The van der Waals surface area contributed by atoms with Crippen LogP contribution in [0.4, 0.5) is 21.0 Å². The predicted octanol–water partition coefficient (Wildman–Crippen LogP) is 4.49. The monoisotopic (exact) mass is 294 g/mol. The molecular weight excluding hydrogens is 276 g/mol. The smallest absolute Gasteiger partial charge is 0.246 e. The normalized spacial score (nSPS) is 14.4. The maximum atomic E-state index is 12.4. The van der Waals surface area contributed by atoms with E-state index in [9.17, 15) is 9.59 Å². The van der Waals surface area contributed by atoms with Gasteiger partial charge in [-0.1, -0.05) is 12.1 Å². The zero-order valence-corrected chi connectivity index (χ0v) is 13.2. The molecule has 2 aromatic rings. The molecule has 3 rings (SSSR count). The third-order valence-electron chi connectivity index (χ3n) is 4.26. The van der Waals surface area contributed by atoms with Gasteiger partial charge in [-0.05, 0) is 74.2 Å². The highest BCUT2D eigenvalue weighted by Crippen LogP contribution is 2.32. The molecule has 4 amide bonds. The van der Waals surface area contributed by atoms with Gasteiger partial charge >= 0.3 is 12.1 Å². The van der Waals surface area contributed by atoms with Gasteiger partial charge in [-0.2, -0.15) is 0 Å². The second-order valence-corrected chi connectivity index (χ2v) is 5.77. The Morgan fingerprint density at radius 3 is 1.27 bits per heavy atom. The van der Waals surface area contributed by atoms with E-state index in [1.54, 1.807) is 12.1 Å². The van der Waals surface area contributed by atoms with E-state index >= 15 is 0 Å². The first-order valence-corrected chi connectivity index (χ1v) is 7.23. The number of hydrogen-bond donors (Lipinski definition) is 0. The van der Waals surface area contributed by atoms with Crippen LogP contribution in [0.1, 0.15) is 22.3 Å². The zero-order valence-electron chi connectivity index (χ0n) is 13.2. The van der Waals surface area contributed by atoms with E-state index in [2.05, 4.69) is 0 Å². The lowest BCUT2D eigenvalue weighted by molar-refractivity contribution is 0.226. The van der Waals surface area contributed by atoms with Crippen molar-refractivity contribution >= 4 is 23.4 Å². The van der Waals surface area contributed by atoms with E-state index < -0.39 is 0 Å². The summed E-state index contributed by atoms with van der Waals surface area (Å²) in [7, 11) is 0. The topological polar surface area (TPSA) is 40.6 Å². The second kappa shape index (κ2) is 4.98. The Hall–Kier alpha value is -2.62. The zero-order chi connectivity index (χ0) is 16.0. The fourth-order valence-corrected chi connectivity index (χ4v) is 2.49. The molecular formula is C18H18N2O2. The lowest BCUT2D eigenvalue weighted by Gasteiger charge is -2.39. The molecule has 0 saturated carbocycles. The highest BCUT2D eigenvalue weighted by Gasteiger charge is 2.45. The molecule has 1 aliphatic rings. The Balaban J connectivity index is 1.91. The third kappa shape index (κ3) is 2.08. The van der Waals surface area contributed by atoms with Gasteiger partial charge in [0.2, 0.25) is 0 Å². The van der Waals surface area contributed by atoms with Crippen LogP contribution >= 0.6 is 0 Å². The molecule has 1 heterocycles. The Kier molecular flexibility index (Phi) is 3.24. The van der Waals surface area contributed by atoms with Crippen LogP contribution in [0.2, 0.25) is 0 Å². The van der Waals surface area contributed by atoms with Crippen molar-refractivity contribution in [2.24, 2.45) is 0 Å². The molecule has 0 aromatic heterocycles. The van der Waals surface area contributed by atoms with Crippen molar-refractivity contribution in [2.45, 2.75) is 27.7 Å². The van der Waals surface area contributed by atoms with Crippen LogP contribution in [0, 0.1) is 27.7 Å². The Morgan fingerprint density at radius 2 is 0.955 bits per heavy atom. The van der Waals surface area contributed by atoms with Crippen LogP contribution in [0.5, 0.6) is 0 Å². The number of amides is 4. The summed E-state index contributed by atoms with van der Waals surface area (Å²) in [5, 5.41) is 0. The number of anilines is 2. The van der Waals surface area contributed by atoms with E-state index in [1.807, 2.05) is 52.0 Å². The van der Waals surface area contributed by atoms with E-state index in [0.29, 0.717) is 11.4 Å². The largest absolute Gasteiger partial charge is 0.345 e. The average Bonchev–Trinajstić information content (AvgIpc) is 2.47. The molecule has 0 atom stereocenters. The van der Waals surface area contributed by atoms with Gasteiger partial charge in [0.1, 0.15) is 0 Å². The van der Waals surface area contributed by atoms with E-state index in [0.717, 1.165) is 22.3 Å². The summed E-state index contributed by atoms with van der Waals surface area (Å²) < 4.78 is 0. The first-order valence-electron chi connectivity index (χ1n) is 7.23. The van der Waals surface area contributed by atoms with Gasteiger partial charge < -0.3 is 0 Å². The first-order chi connectivity index (χ1) is 10.4. The summed E-state index contributed by atoms with van der Waals surface area (Å²) in [6.45, 7) is 7.93. The number of hydrogen-bond acceptors (Lipinski definition) is 2. The van der Waals surface area contributed by atoms with E-state index in [-0.39, 0.29) is 12.1 Å². The summed E-state index contributed by atoms with van der Waals surface area (Å²) >= 11 is 0. The van der Waals surface area contributed by atoms with E-state index in [4.69, 9.17) is 0 Å². The lowest BCUT2D eigenvalue weighted by Crippen LogP contribution is -2.64. The van der Waals surface area contributed by atoms with Crippen molar-refractivity contribution in [3.63, 3.8) is 0 Å². The molecule has 0 aliphatic carbocycles. The molecule has 2 aromatic carbocycles. The number of benzene rings is 2. The molecule has 4 nitrogen and oxygen atoms in total. The Morgan fingerprint density at radius 1 is 0.591 bits per heavy atom. The fraction of sp³-hybridized carbons (Fsp3) is 0.222. The molecule has 1 fully saturated rings. The summed E-state index contributed by atoms with van der Waals surface area (Å²) in [4.78, 5) is 27.2. The highest BCUT2D eigenvalue weighted by molar-refractivity contribution is 6.41. The number of urea groups is 2. The van der Waals surface area contributed by atoms with Gasteiger partial charge in [0, 0.05) is 0 Å². The summed E-state index contributed by atoms with van der Waals surface area (Å²) in [6, 6.07) is 10.6. The number of nitrogens with zero attached hydrogens (tertiary/aromatic N) is 2. The minimum Gasteiger partial charge on any atom is -0.246 e. The number of carbonyl (C=O) groups is 2. The SMILES string of the molecule is Cc1ccc(N2C(=O)N(c3ccc(C)c(C)c3)C2=O)cc1C. The van der Waals surface area contributed by atoms with Gasteiger partial charge in [0.25, 0.3) is 0 Å². The number of carbonyl (C=O) groups excluding carboxylic acids is 2. The van der Waals surface area contributed by atoms with Gasteiger partial charge in [-0.15, -0.1) is 0 Å². The highest BCUT2D eigenvalue weighted by atomic mass is 16.2. The van der Waals surface area contributed by atoms with Crippen molar-refractivity contribution in [1.82, 2.24) is 0 Å². The quantitative estimate of drug-likeness (QED) is 0.819. The van der Waals surface area contributed by atoms with Crippen LogP contribution in [-0.2, 0) is 0 Å². The lowest BCUT2D eigenvalue weighted by atomic mass is 10.1. The van der Waals surface area contributed by atoms with Gasteiger partial charge in [-0.3, -0.25) is 0 Å². The van der Waals surface area contributed by atoms with Crippen molar-refractivity contribution in [3.05, 3.63) is 58.7 Å². The van der Waals surface area contributed by atoms with Crippen LogP contribution in [0.25, 0.3) is 0 Å². The van der Waals surface area contributed by atoms with Crippen molar-refractivity contribution < 1.29 is 9.59 Å². The average molecular weight is 294 g/mol. The van der Waals surface area contributed by atoms with E-state index in [1.165, 1.54) is 9.80 Å². The van der Waals surface area contributed by atoms with Gasteiger partial charge in [0.05, 0.1) is 11.4 Å². The molecule has 0 spiro atoms. The second-order valence-electron chi connectivity index (χ2n) is 5.77. The van der Waals surface area contributed by atoms with Gasteiger partial charge in [0.15, 0.2) is 0 Å². The maximum absolute atomic E-state index is 12.4. The Labute approximate surface area is 130 Å². The minimum atomic E-state index is -0.309. The predicted molar refractivity (Wildman–Crippen MR) is 87.6 cm³/mol. The summed E-state index contributed by atoms with van der Waals surface area (Å²) in [5.41, 5.74) is 5.63. The summed E-state index contributed by atoms with van der Waals surface area (Å²) in [5.74, 6) is 0. The van der Waals surface area contributed by atoms with Crippen molar-refractivity contribution in [1.29, 1.82) is 0 Å². The fourth-order valence-electron chi connectivity index (χ4n) is 2.49. The summed E-state index contributed by atoms with van der Waals surface area (Å²) in [6.07, 6.45) is 0.